The molecule has 1 aliphatic rings. The van der Waals surface area contributed by atoms with Gasteiger partial charge in [0.1, 0.15) is 11.6 Å². The van der Waals surface area contributed by atoms with E-state index in [1.165, 1.54) is 5.56 Å². The maximum absolute atomic E-state index is 8.34. The molecule has 24 heavy (non-hydrogen) atoms. The highest BCUT2D eigenvalue weighted by Gasteiger charge is 2.25. The van der Waals surface area contributed by atoms with Crippen molar-refractivity contribution >= 4 is 17.2 Å². The van der Waals surface area contributed by atoms with E-state index in [0.29, 0.717) is 12.4 Å². The molecular formula is C19H22N4O. The molecule has 1 heterocycles. The summed E-state index contributed by atoms with van der Waals surface area (Å²) in [6, 6.07) is 14.0. The number of methoxy groups -OCH3 is 1. The van der Waals surface area contributed by atoms with E-state index in [0.717, 1.165) is 28.3 Å². The van der Waals surface area contributed by atoms with E-state index in [4.69, 9.17) is 20.9 Å². The molecule has 1 aliphatic heterocycles. The number of aliphatic imine (C=N–C) groups is 1. The number of anilines is 1. The van der Waals surface area contributed by atoms with Crippen LogP contribution in [0.2, 0.25) is 0 Å². The van der Waals surface area contributed by atoms with Crippen molar-refractivity contribution in [2.75, 3.05) is 18.6 Å². The Hall–Kier alpha value is -2.66. The van der Waals surface area contributed by atoms with Crippen molar-refractivity contribution in [3.8, 4) is 5.75 Å². The molecular weight excluding hydrogens is 300 g/mol. The van der Waals surface area contributed by atoms with Crippen LogP contribution in [-0.4, -0.2) is 31.4 Å². The number of ether oxygens (including phenoxy) is 1. The molecule has 1 unspecified atom stereocenters. The summed E-state index contributed by atoms with van der Waals surface area (Å²) in [5.74, 6) is 1.14. The number of amidine groups is 1. The number of benzodiazepines with no additional fused rings is 1. The van der Waals surface area contributed by atoms with Crippen LogP contribution in [0.25, 0.3) is 0 Å². The van der Waals surface area contributed by atoms with E-state index in [2.05, 4.69) is 31.2 Å². The second kappa shape index (κ2) is 6.45. The Labute approximate surface area is 142 Å². The average molecular weight is 322 g/mol. The largest absolute Gasteiger partial charge is 0.497 e. The molecule has 0 aliphatic carbocycles. The second-order valence-corrected chi connectivity index (χ2v) is 5.97. The number of rotatable bonds is 3. The number of aryl methyl sites for hydroxylation is 1. The molecule has 0 aromatic heterocycles. The highest BCUT2D eigenvalue weighted by atomic mass is 16.5. The lowest BCUT2D eigenvalue weighted by molar-refractivity contribution is 0.414. The molecule has 0 saturated heterocycles. The normalized spacial score (nSPS) is 15.4. The Bertz CT molecular complexity index is 794. The molecule has 124 valence electrons. The summed E-state index contributed by atoms with van der Waals surface area (Å²) in [4.78, 5) is 6.51. The number of nitrogens with zero attached hydrogens (tertiary/aromatic N) is 2. The van der Waals surface area contributed by atoms with Crippen LogP contribution < -0.4 is 15.4 Å². The van der Waals surface area contributed by atoms with Crippen LogP contribution in [0.1, 0.15) is 23.6 Å². The Morgan fingerprint density at radius 2 is 1.92 bits per heavy atom. The van der Waals surface area contributed by atoms with E-state index in [1.807, 2.05) is 30.0 Å². The van der Waals surface area contributed by atoms with Gasteiger partial charge in [0.05, 0.1) is 31.2 Å². The van der Waals surface area contributed by atoms with Gasteiger partial charge in [0.25, 0.3) is 0 Å². The van der Waals surface area contributed by atoms with Gasteiger partial charge in [0.15, 0.2) is 0 Å². The minimum Gasteiger partial charge on any atom is -0.497 e. The maximum Gasteiger partial charge on any atom is 0.124 e. The Kier molecular flexibility index (Phi) is 4.36. The van der Waals surface area contributed by atoms with Crippen LogP contribution in [0, 0.1) is 12.3 Å². The molecule has 0 saturated carbocycles. The molecule has 5 heteroatoms. The van der Waals surface area contributed by atoms with Gasteiger partial charge >= 0.3 is 0 Å². The predicted molar refractivity (Wildman–Crippen MR) is 98.5 cm³/mol. The molecule has 0 spiro atoms. The fourth-order valence-corrected chi connectivity index (χ4v) is 2.93. The van der Waals surface area contributed by atoms with Crippen LogP contribution in [0.15, 0.2) is 47.5 Å². The van der Waals surface area contributed by atoms with Crippen molar-refractivity contribution in [3.05, 3.63) is 59.2 Å². The first-order valence-electron chi connectivity index (χ1n) is 7.93. The number of nitrogens with two attached hydrogens (primary N) is 1. The SMILES string of the molecule is COc1ccc2c(c1)C(c1ccc(C)cc1)=NCC(=N)N2C(C)N. The Morgan fingerprint density at radius 3 is 2.54 bits per heavy atom. The number of hydrogen-bond acceptors (Lipinski definition) is 4. The predicted octanol–water partition coefficient (Wildman–Crippen LogP) is 2.94. The second-order valence-electron chi connectivity index (χ2n) is 5.97. The third kappa shape index (κ3) is 2.90. The van der Waals surface area contributed by atoms with E-state index in [9.17, 15) is 0 Å². The van der Waals surface area contributed by atoms with E-state index in [1.54, 1.807) is 7.11 Å². The summed E-state index contributed by atoms with van der Waals surface area (Å²) >= 11 is 0. The van der Waals surface area contributed by atoms with E-state index >= 15 is 0 Å². The van der Waals surface area contributed by atoms with Crippen molar-refractivity contribution in [3.63, 3.8) is 0 Å². The monoisotopic (exact) mass is 322 g/mol. The first-order valence-corrected chi connectivity index (χ1v) is 7.93. The summed E-state index contributed by atoms with van der Waals surface area (Å²) in [6.07, 6.45) is -0.308. The zero-order valence-corrected chi connectivity index (χ0v) is 14.2. The van der Waals surface area contributed by atoms with Crippen LogP contribution in [-0.2, 0) is 0 Å². The third-order valence-corrected chi connectivity index (χ3v) is 4.13. The minimum absolute atomic E-state index is 0.293. The molecule has 2 aromatic rings. The van der Waals surface area contributed by atoms with E-state index < -0.39 is 0 Å². The minimum atomic E-state index is -0.308. The highest BCUT2D eigenvalue weighted by molar-refractivity contribution is 6.20. The van der Waals surface area contributed by atoms with Crippen molar-refractivity contribution < 1.29 is 4.74 Å². The van der Waals surface area contributed by atoms with Crippen molar-refractivity contribution in [2.24, 2.45) is 10.7 Å². The summed E-state index contributed by atoms with van der Waals surface area (Å²) in [7, 11) is 1.65. The lowest BCUT2D eigenvalue weighted by atomic mass is 9.99. The van der Waals surface area contributed by atoms with Crippen molar-refractivity contribution in [1.29, 1.82) is 5.41 Å². The molecule has 3 rings (SSSR count). The molecule has 0 bridgehead atoms. The van der Waals surface area contributed by atoms with Gasteiger partial charge in [-0.05, 0) is 32.0 Å². The van der Waals surface area contributed by atoms with Gasteiger partial charge < -0.3 is 15.4 Å². The highest BCUT2D eigenvalue weighted by Crippen LogP contribution is 2.31. The van der Waals surface area contributed by atoms with Crippen molar-refractivity contribution in [2.45, 2.75) is 20.0 Å². The summed E-state index contributed by atoms with van der Waals surface area (Å²) in [5.41, 5.74) is 11.0. The molecule has 5 nitrogen and oxygen atoms in total. The number of benzene rings is 2. The van der Waals surface area contributed by atoms with Crippen LogP contribution in [0.5, 0.6) is 5.75 Å². The molecule has 3 N–H and O–H groups in total. The van der Waals surface area contributed by atoms with Crippen LogP contribution in [0.4, 0.5) is 5.69 Å². The van der Waals surface area contributed by atoms with Gasteiger partial charge in [-0.1, -0.05) is 29.8 Å². The Balaban J connectivity index is 2.21. The maximum atomic E-state index is 8.34. The standard InChI is InChI=1S/C19H22N4O/c1-12-4-6-14(7-5-12)19-16-10-15(24-3)8-9-17(16)23(13(2)20)18(21)11-22-19/h4-10,13,21H,11,20H2,1-3H3. The first-order chi connectivity index (χ1) is 11.5. The summed E-state index contributed by atoms with van der Waals surface area (Å²) < 4.78 is 5.39. The molecule has 0 fully saturated rings. The van der Waals surface area contributed by atoms with Gasteiger partial charge in [-0.25, -0.2) is 0 Å². The van der Waals surface area contributed by atoms with Crippen molar-refractivity contribution in [1.82, 2.24) is 0 Å². The van der Waals surface area contributed by atoms with Gasteiger partial charge in [-0.15, -0.1) is 0 Å². The molecule has 0 amide bonds. The number of nitrogens with one attached hydrogen (secondary N) is 1. The van der Waals surface area contributed by atoms with Gasteiger partial charge in [0, 0.05) is 11.1 Å². The lowest BCUT2D eigenvalue weighted by Crippen LogP contribution is -2.44. The number of fused-ring (bicyclic) bond motifs is 1. The third-order valence-electron chi connectivity index (χ3n) is 4.13. The molecule has 1 atom stereocenters. The zero-order chi connectivity index (χ0) is 17.3. The van der Waals surface area contributed by atoms with Gasteiger partial charge in [0.2, 0.25) is 0 Å². The molecule has 2 aromatic carbocycles. The fraction of sp³-hybridized carbons (Fsp3) is 0.263. The smallest absolute Gasteiger partial charge is 0.124 e. The summed E-state index contributed by atoms with van der Waals surface area (Å²) in [5, 5.41) is 8.34. The summed E-state index contributed by atoms with van der Waals surface area (Å²) in [6.45, 7) is 4.23. The van der Waals surface area contributed by atoms with Gasteiger partial charge in [-0.2, -0.15) is 0 Å². The van der Waals surface area contributed by atoms with E-state index in [-0.39, 0.29) is 6.17 Å². The lowest BCUT2D eigenvalue weighted by Gasteiger charge is -2.28. The Morgan fingerprint density at radius 1 is 1.21 bits per heavy atom. The number of hydrogen-bond donors (Lipinski definition) is 2. The van der Waals surface area contributed by atoms with Gasteiger partial charge in [-0.3, -0.25) is 10.4 Å². The quantitative estimate of drug-likeness (QED) is 0.912. The first kappa shape index (κ1) is 16.2. The van der Waals surface area contributed by atoms with Crippen LogP contribution >= 0.6 is 0 Å². The molecule has 0 radical (unpaired) electrons. The average Bonchev–Trinajstić information content (AvgIpc) is 2.71. The fourth-order valence-electron chi connectivity index (χ4n) is 2.93. The topological polar surface area (TPSA) is 74.7 Å². The van der Waals surface area contributed by atoms with Crippen LogP contribution in [0.3, 0.4) is 0 Å². The zero-order valence-electron chi connectivity index (χ0n) is 14.2.